The van der Waals surface area contributed by atoms with E-state index in [0.29, 0.717) is 5.75 Å². The van der Waals surface area contributed by atoms with Crippen LogP contribution in [0, 0.1) is 0 Å². The molecule has 0 bridgehead atoms. The minimum Gasteiger partial charge on any atom is -0.484 e. The van der Waals surface area contributed by atoms with Crippen LogP contribution in [0.3, 0.4) is 0 Å². The Hall–Kier alpha value is -3.35. The van der Waals surface area contributed by atoms with Crippen molar-refractivity contribution in [1.29, 1.82) is 0 Å². The van der Waals surface area contributed by atoms with Gasteiger partial charge in [0.05, 0.1) is 12.8 Å². The van der Waals surface area contributed by atoms with Gasteiger partial charge in [-0.2, -0.15) is 5.10 Å². The van der Waals surface area contributed by atoms with Gasteiger partial charge in [0.15, 0.2) is 12.3 Å². The fraction of sp³-hybridized carbons (Fsp3) is 0.167. The molecular formula is C18H17N3O4. The number of amides is 1. The minimum absolute atomic E-state index is 0.0454. The second kappa shape index (κ2) is 7.04. The first-order valence-corrected chi connectivity index (χ1v) is 7.60. The lowest BCUT2D eigenvalue weighted by molar-refractivity contribution is -0.118. The molecule has 25 heavy (non-hydrogen) atoms. The van der Waals surface area contributed by atoms with E-state index < -0.39 is 11.9 Å². The van der Waals surface area contributed by atoms with Gasteiger partial charge < -0.3 is 14.8 Å². The second-order valence-corrected chi connectivity index (χ2v) is 5.40. The molecule has 1 aromatic heterocycles. The molecule has 0 atom stereocenters. The molecule has 0 saturated carbocycles. The molecule has 3 rings (SSSR count). The third-order valence-electron chi connectivity index (χ3n) is 3.57. The first kappa shape index (κ1) is 16.5. The Morgan fingerprint density at radius 2 is 1.92 bits per heavy atom. The van der Waals surface area contributed by atoms with E-state index in [0.717, 1.165) is 10.8 Å². The maximum Gasteiger partial charge on any atom is 0.360 e. The molecule has 0 unspecified atom stereocenters. The van der Waals surface area contributed by atoms with Crippen molar-refractivity contribution in [2.45, 2.75) is 0 Å². The number of methoxy groups -OCH3 is 1. The third-order valence-corrected chi connectivity index (χ3v) is 3.57. The summed E-state index contributed by atoms with van der Waals surface area (Å²) in [5.74, 6) is -0.425. The van der Waals surface area contributed by atoms with Gasteiger partial charge in [-0.05, 0) is 22.9 Å². The highest BCUT2D eigenvalue weighted by Crippen LogP contribution is 2.20. The van der Waals surface area contributed by atoms with Crippen LogP contribution in [-0.2, 0) is 16.6 Å². The summed E-state index contributed by atoms with van der Waals surface area (Å²) in [4.78, 5) is 23.7. The average molecular weight is 339 g/mol. The molecule has 2 aromatic carbocycles. The highest BCUT2D eigenvalue weighted by molar-refractivity contribution is 6.00. The minimum atomic E-state index is -0.619. The van der Waals surface area contributed by atoms with Gasteiger partial charge in [0.2, 0.25) is 0 Å². The predicted molar refractivity (Wildman–Crippen MR) is 92.6 cm³/mol. The Kier molecular flexibility index (Phi) is 4.65. The number of nitrogens with one attached hydrogen (secondary N) is 1. The summed E-state index contributed by atoms with van der Waals surface area (Å²) in [5.41, 5.74) is 0.325. The number of fused-ring (bicyclic) bond motifs is 1. The molecule has 3 aromatic rings. The van der Waals surface area contributed by atoms with E-state index in [-0.39, 0.29) is 18.0 Å². The molecule has 0 radical (unpaired) electrons. The Morgan fingerprint density at radius 1 is 1.16 bits per heavy atom. The van der Waals surface area contributed by atoms with Gasteiger partial charge >= 0.3 is 5.97 Å². The molecular weight excluding hydrogens is 322 g/mol. The summed E-state index contributed by atoms with van der Waals surface area (Å²) in [7, 11) is 2.90. The third kappa shape index (κ3) is 3.77. The quantitative estimate of drug-likeness (QED) is 0.722. The largest absolute Gasteiger partial charge is 0.484 e. The molecule has 1 N–H and O–H groups in total. The summed E-state index contributed by atoms with van der Waals surface area (Å²) in [6.45, 7) is -0.187. The number of hydrogen-bond donors (Lipinski definition) is 1. The van der Waals surface area contributed by atoms with Crippen molar-refractivity contribution in [1.82, 2.24) is 9.78 Å². The van der Waals surface area contributed by atoms with Crippen molar-refractivity contribution >= 4 is 28.3 Å². The smallest absolute Gasteiger partial charge is 0.360 e. The monoisotopic (exact) mass is 339 g/mol. The highest BCUT2D eigenvalue weighted by Gasteiger charge is 2.18. The lowest BCUT2D eigenvalue weighted by Crippen LogP contribution is -2.21. The summed E-state index contributed by atoms with van der Waals surface area (Å²) in [6, 6.07) is 13.5. The van der Waals surface area contributed by atoms with E-state index in [9.17, 15) is 9.59 Å². The number of nitrogens with zero attached hydrogens (tertiary/aromatic N) is 2. The Labute approximate surface area is 144 Å². The van der Waals surface area contributed by atoms with Crippen LogP contribution in [0.1, 0.15) is 10.5 Å². The molecule has 7 heteroatoms. The van der Waals surface area contributed by atoms with Crippen molar-refractivity contribution < 1.29 is 19.1 Å². The molecule has 0 spiro atoms. The fourth-order valence-corrected chi connectivity index (χ4v) is 2.42. The summed E-state index contributed by atoms with van der Waals surface area (Å²) >= 11 is 0. The van der Waals surface area contributed by atoms with Crippen molar-refractivity contribution in [2.75, 3.05) is 19.0 Å². The predicted octanol–water partition coefficient (Wildman–Crippen LogP) is 2.38. The number of ether oxygens (including phenoxy) is 2. The van der Waals surface area contributed by atoms with Gasteiger partial charge in [-0.25, -0.2) is 4.79 Å². The van der Waals surface area contributed by atoms with Gasteiger partial charge in [-0.15, -0.1) is 0 Å². The van der Waals surface area contributed by atoms with Crippen molar-refractivity contribution in [3.63, 3.8) is 0 Å². The van der Waals surface area contributed by atoms with Crippen LogP contribution in [0.4, 0.5) is 5.69 Å². The first-order valence-electron chi connectivity index (χ1n) is 7.60. The van der Waals surface area contributed by atoms with Crippen molar-refractivity contribution in [3.05, 3.63) is 54.4 Å². The van der Waals surface area contributed by atoms with E-state index >= 15 is 0 Å². The molecule has 1 amide bonds. The van der Waals surface area contributed by atoms with Crippen LogP contribution in [-0.4, -0.2) is 35.4 Å². The highest BCUT2D eigenvalue weighted by atomic mass is 16.5. The van der Waals surface area contributed by atoms with Crippen LogP contribution >= 0.6 is 0 Å². The van der Waals surface area contributed by atoms with Crippen LogP contribution in [0.2, 0.25) is 0 Å². The maximum absolute atomic E-state index is 12.1. The number of rotatable bonds is 5. The zero-order chi connectivity index (χ0) is 17.8. The number of aromatic nitrogens is 2. The number of hydrogen-bond acceptors (Lipinski definition) is 5. The second-order valence-electron chi connectivity index (χ2n) is 5.40. The van der Waals surface area contributed by atoms with E-state index in [1.165, 1.54) is 18.0 Å². The van der Waals surface area contributed by atoms with Gasteiger partial charge in [0, 0.05) is 13.2 Å². The first-order chi connectivity index (χ1) is 12.1. The lowest BCUT2D eigenvalue weighted by Gasteiger charge is -2.08. The number of aryl methyl sites for hydroxylation is 1. The summed E-state index contributed by atoms with van der Waals surface area (Å²) in [6.07, 6.45) is 1.53. The molecule has 0 aliphatic carbocycles. The number of carbonyl (C=O) groups excluding carboxylic acids is 2. The molecule has 1 heterocycles. The SMILES string of the molecule is COC(=O)c1nn(C)cc1NC(=O)COc1ccc2ccccc2c1. The zero-order valence-electron chi connectivity index (χ0n) is 13.9. The molecule has 0 aliphatic heterocycles. The summed E-state index contributed by atoms with van der Waals surface area (Å²) in [5, 5.41) is 8.70. The normalized spacial score (nSPS) is 10.5. The van der Waals surface area contributed by atoms with Crippen molar-refractivity contribution in [2.24, 2.45) is 7.05 Å². The van der Waals surface area contributed by atoms with Crippen LogP contribution in [0.25, 0.3) is 10.8 Å². The Morgan fingerprint density at radius 3 is 2.68 bits per heavy atom. The molecule has 128 valence electrons. The number of anilines is 1. The van der Waals surface area contributed by atoms with Gasteiger partial charge in [0.1, 0.15) is 5.75 Å². The number of esters is 1. The van der Waals surface area contributed by atoms with Crippen molar-refractivity contribution in [3.8, 4) is 5.75 Å². The maximum atomic E-state index is 12.1. The zero-order valence-corrected chi connectivity index (χ0v) is 13.9. The Bertz CT molecular complexity index is 933. The van der Waals surface area contributed by atoms with Crippen LogP contribution in [0.5, 0.6) is 5.75 Å². The van der Waals surface area contributed by atoms with Crippen LogP contribution in [0.15, 0.2) is 48.7 Å². The number of benzene rings is 2. The van der Waals surface area contributed by atoms with Crippen LogP contribution < -0.4 is 10.1 Å². The van der Waals surface area contributed by atoms with E-state index in [1.54, 1.807) is 13.1 Å². The van der Waals surface area contributed by atoms with Gasteiger partial charge in [0.25, 0.3) is 5.91 Å². The topological polar surface area (TPSA) is 82.5 Å². The molecule has 7 nitrogen and oxygen atoms in total. The van der Waals surface area contributed by atoms with E-state index in [4.69, 9.17) is 4.74 Å². The average Bonchev–Trinajstić information content (AvgIpc) is 2.99. The number of carbonyl (C=O) groups is 2. The standard InChI is InChI=1S/C18H17N3O4/c1-21-10-15(17(20-21)18(23)24-2)19-16(22)11-25-14-8-7-12-5-3-4-6-13(12)9-14/h3-10H,11H2,1-2H3,(H,19,22). The molecule has 0 saturated heterocycles. The fourth-order valence-electron chi connectivity index (χ4n) is 2.42. The summed E-state index contributed by atoms with van der Waals surface area (Å²) < 4.78 is 11.6. The van der Waals surface area contributed by atoms with E-state index in [2.05, 4.69) is 15.2 Å². The molecule has 0 fully saturated rings. The Balaban J connectivity index is 1.65. The van der Waals surface area contributed by atoms with Gasteiger partial charge in [-0.1, -0.05) is 30.3 Å². The van der Waals surface area contributed by atoms with E-state index in [1.807, 2.05) is 36.4 Å². The molecule has 0 aliphatic rings. The lowest BCUT2D eigenvalue weighted by atomic mass is 10.1. The van der Waals surface area contributed by atoms with Gasteiger partial charge in [-0.3, -0.25) is 9.48 Å².